The number of fused-ring (bicyclic) bond motifs is 1. The normalized spacial score (nSPS) is 19.1. The number of benzene rings is 1. The van der Waals surface area contributed by atoms with Crippen LogP contribution in [0.15, 0.2) is 29.1 Å². The largest absolute Gasteiger partial charge is 0.332 e. The van der Waals surface area contributed by atoms with Crippen LogP contribution in [0.25, 0.3) is 10.9 Å². The predicted octanol–water partition coefficient (Wildman–Crippen LogP) is 1.04. The predicted molar refractivity (Wildman–Crippen MR) is 74.8 cm³/mol. The van der Waals surface area contributed by atoms with Crippen LogP contribution in [0.4, 0.5) is 0 Å². The minimum absolute atomic E-state index is 0.184. The highest BCUT2D eigenvalue weighted by Gasteiger charge is 2.29. The Bertz CT molecular complexity index is 837. The molecule has 0 bridgehead atoms. The molecule has 7 heteroatoms. The number of hydrogen-bond acceptors (Lipinski definition) is 4. The van der Waals surface area contributed by atoms with E-state index in [4.69, 9.17) is 12.2 Å². The van der Waals surface area contributed by atoms with Gasteiger partial charge in [0.05, 0.1) is 10.9 Å². The summed E-state index contributed by atoms with van der Waals surface area (Å²) < 4.78 is 1.43. The first-order valence-electron chi connectivity index (χ1n) is 6.15. The molecule has 0 saturated carbocycles. The molecule has 1 saturated heterocycles. The zero-order valence-corrected chi connectivity index (χ0v) is 11.2. The Morgan fingerprint density at radius 1 is 1.20 bits per heavy atom. The number of aromatic amines is 1. The highest BCUT2D eigenvalue weighted by atomic mass is 32.1. The fourth-order valence-electron chi connectivity index (χ4n) is 2.39. The highest BCUT2D eigenvalue weighted by molar-refractivity contribution is 7.71. The van der Waals surface area contributed by atoms with Gasteiger partial charge in [0.25, 0.3) is 5.56 Å². The molecule has 2 heterocycles. The summed E-state index contributed by atoms with van der Waals surface area (Å²) >= 11 is 5.17. The molecule has 2 amide bonds. The van der Waals surface area contributed by atoms with Crippen molar-refractivity contribution in [1.82, 2.24) is 14.9 Å². The Balaban J connectivity index is 2.22. The lowest BCUT2D eigenvalue weighted by Crippen LogP contribution is -2.44. The van der Waals surface area contributed by atoms with Crippen molar-refractivity contribution in [2.24, 2.45) is 0 Å². The van der Waals surface area contributed by atoms with Gasteiger partial charge in [0.1, 0.15) is 6.04 Å². The summed E-state index contributed by atoms with van der Waals surface area (Å²) in [4.78, 5) is 38.5. The minimum atomic E-state index is -0.742. The maximum atomic E-state index is 12.5. The van der Waals surface area contributed by atoms with Crippen LogP contribution in [0.2, 0.25) is 0 Å². The van der Waals surface area contributed by atoms with Crippen LogP contribution in [0.5, 0.6) is 0 Å². The third-order valence-electron chi connectivity index (χ3n) is 3.36. The van der Waals surface area contributed by atoms with Gasteiger partial charge in [0.15, 0.2) is 4.77 Å². The highest BCUT2D eigenvalue weighted by Crippen LogP contribution is 2.18. The van der Waals surface area contributed by atoms with E-state index >= 15 is 0 Å². The van der Waals surface area contributed by atoms with Crippen molar-refractivity contribution in [2.75, 3.05) is 0 Å². The van der Waals surface area contributed by atoms with Gasteiger partial charge in [-0.1, -0.05) is 12.1 Å². The van der Waals surface area contributed by atoms with E-state index in [2.05, 4.69) is 10.3 Å². The Hall–Kier alpha value is -2.28. The number of H-pyrrole nitrogens is 1. The topological polar surface area (TPSA) is 84.0 Å². The van der Waals surface area contributed by atoms with Crippen LogP contribution in [-0.4, -0.2) is 21.4 Å². The van der Waals surface area contributed by atoms with Crippen molar-refractivity contribution in [2.45, 2.75) is 18.9 Å². The van der Waals surface area contributed by atoms with E-state index in [0.29, 0.717) is 10.9 Å². The summed E-state index contributed by atoms with van der Waals surface area (Å²) in [6.07, 6.45) is 0.477. The number of amides is 2. The summed E-state index contributed by atoms with van der Waals surface area (Å²) in [5.41, 5.74) is 0.310. The summed E-state index contributed by atoms with van der Waals surface area (Å²) in [5.74, 6) is -0.812. The third-order valence-corrected chi connectivity index (χ3v) is 3.66. The zero-order chi connectivity index (χ0) is 14.3. The van der Waals surface area contributed by atoms with Gasteiger partial charge in [-0.3, -0.25) is 24.3 Å². The number of para-hydroxylation sites is 1. The van der Waals surface area contributed by atoms with Crippen molar-refractivity contribution in [3.05, 3.63) is 39.4 Å². The molecule has 20 heavy (non-hydrogen) atoms. The molecule has 1 unspecified atom stereocenters. The summed E-state index contributed by atoms with van der Waals surface area (Å²) in [5, 5.41) is 2.70. The van der Waals surface area contributed by atoms with Crippen molar-refractivity contribution in [1.29, 1.82) is 0 Å². The molecule has 0 radical (unpaired) electrons. The van der Waals surface area contributed by atoms with E-state index < -0.39 is 11.9 Å². The summed E-state index contributed by atoms with van der Waals surface area (Å²) in [7, 11) is 0. The molecule has 1 aromatic heterocycles. The molecule has 6 nitrogen and oxygen atoms in total. The standard InChI is InChI=1S/C13H11N3O3S/c17-10-6-5-9(11(18)15-10)16-12(19)7-3-1-2-4-8(7)14-13(16)20/h1-4,9H,5-6H2,(H,14,20)(H,15,17,18). The van der Waals surface area contributed by atoms with Gasteiger partial charge in [-0.15, -0.1) is 0 Å². The molecule has 1 aromatic carbocycles. The molecule has 0 spiro atoms. The number of aromatic nitrogens is 2. The van der Waals surface area contributed by atoms with Crippen molar-refractivity contribution < 1.29 is 9.59 Å². The smallest absolute Gasteiger partial charge is 0.262 e. The molecule has 1 aliphatic heterocycles. The Morgan fingerprint density at radius 2 is 1.95 bits per heavy atom. The zero-order valence-electron chi connectivity index (χ0n) is 10.4. The number of hydrogen-bond donors (Lipinski definition) is 2. The van der Waals surface area contributed by atoms with Gasteiger partial charge in [-0.05, 0) is 30.8 Å². The molecule has 2 N–H and O–H groups in total. The third kappa shape index (κ3) is 1.96. The molecule has 1 aliphatic rings. The summed E-state index contributed by atoms with van der Waals surface area (Å²) in [6.45, 7) is 0. The molecule has 0 aliphatic carbocycles. The second kappa shape index (κ2) is 4.68. The molecular weight excluding hydrogens is 278 g/mol. The summed E-state index contributed by atoms with van der Waals surface area (Å²) in [6, 6.07) is 6.22. The van der Waals surface area contributed by atoms with Gasteiger partial charge < -0.3 is 4.98 Å². The number of carbonyl (C=O) groups is 2. The molecule has 2 aromatic rings. The van der Waals surface area contributed by atoms with Crippen molar-refractivity contribution >= 4 is 34.9 Å². The van der Waals surface area contributed by atoms with Gasteiger partial charge in [0, 0.05) is 6.42 Å². The van der Waals surface area contributed by atoms with Crippen molar-refractivity contribution in [3.8, 4) is 0 Å². The van der Waals surface area contributed by atoms with Gasteiger partial charge in [-0.2, -0.15) is 0 Å². The van der Waals surface area contributed by atoms with E-state index in [1.807, 2.05) is 0 Å². The van der Waals surface area contributed by atoms with Crippen molar-refractivity contribution in [3.63, 3.8) is 0 Å². The fraction of sp³-hybridized carbons (Fsp3) is 0.231. The van der Waals surface area contributed by atoms with Crippen LogP contribution in [0.3, 0.4) is 0 Å². The Labute approximate surface area is 118 Å². The average molecular weight is 289 g/mol. The first-order chi connectivity index (χ1) is 9.58. The van der Waals surface area contributed by atoms with Crippen LogP contribution in [-0.2, 0) is 9.59 Å². The van der Waals surface area contributed by atoms with E-state index in [0.717, 1.165) is 0 Å². The quantitative estimate of drug-likeness (QED) is 0.607. The monoisotopic (exact) mass is 289 g/mol. The van der Waals surface area contributed by atoms with Crippen LogP contribution >= 0.6 is 12.2 Å². The molecule has 1 atom stereocenters. The number of nitrogens with zero attached hydrogens (tertiary/aromatic N) is 1. The van der Waals surface area contributed by atoms with E-state index in [9.17, 15) is 14.4 Å². The van der Waals surface area contributed by atoms with Crippen LogP contribution in [0, 0.1) is 4.77 Å². The lowest BCUT2D eigenvalue weighted by atomic mass is 10.1. The molecule has 1 fully saturated rings. The minimum Gasteiger partial charge on any atom is -0.332 e. The van der Waals surface area contributed by atoms with E-state index in [1.54, 1.807) is 24.3 Å². The SMILES string of the molecule is O=C1CCC(n2c(=S)[nH]c3ccccc3c2=O)C(=O)N1. The Kier molecular flexibility index (Phi) is 2.98. The van der Waals surface area contributed by atoms with E-state index in [1.165, 1.54) is 4.57 Å². The van der Waals surface area contributed by atoms with Gasteiger partial charge in [0.2, 0.25) is 11.8 Å². The van der Waals surface area contributed by atoms with Gasteiger partial charge >= 0.3 is 0 Å². The maximum Gasteiger partial charge on any atom is 0.262 e. The average Bonchev–Trinajstić information content (AvgIpc) is 2.41. The second-order valence-corrected chi connectivity index (χ2v) is 5.00. The molecular formula is C13H11N3O3S. The molecule has 3 rings (SSSR count). The molecule has 102 valence electrons. The number of nitrogens with one attached hydrogen (secondary N) is 2. The van der Waals surface area contributed by atoms with Gasteiger partial charge in [-0.25, -0.2) is 0 Å². The second-order valence-electron chi connectivity index (χ2n) is 4.62. The van der Waals surface area contributed by atoms with Crippen LogP contribution < -0.4 is 10.9 Å². The van der Waals surface area contributed by atoms with Crippen LogP contribution in [0.1, 0.15) is 18.9 Å². The Morgan fingerprint density at radius 3 is 2.70 bits per heavy atom. The first kappa shape index (κ1) is 12.7. The lowest BCUT2D eigenvalue weighted by Gasteiger charge is -2.23. The number of imide groups is 1. The fourth-order valence-corrected chi connectivity index (χ4v) is 2.71. The number of rotatable bonds is 1. The first-order valence-corrected chi connectivity index (χ1v) is 6.56. The maximum absolute atomic E-state index is 12.5. The number of piperidine rings is 1. The number of carbonyl (C=O) groups excluding carboxylic acids is 2. The van der Waals surface area contributed by atoms with E-state index in [-0.39, 0.29) is 29.1 Å². The lowest BCUT2D eigenvalue weighted by molar-refractivity contribution is -0.135.